The Bertz CT molecular complexity index is 449. The predicted molar refractivity (Wildman–Crippen MR) is 73.0 cm³/mol. The van der Waals surface area contributed by atoms with Crippen LogP contribution in [0.4, 0.5) is 0 Å². The molecule has 4 nitrogen and oxygen atoms in total. The Morgan fingerprint density at radius 3 is 2.59 bits per heavy atom. The molecule has 0 aliphatic carbocycles. The van der Waals surface area contributed by atoms with E-state index in [0.717, 1.165) is 0 Å². The highest BCUT2D eigenvalue weighted by Crippen LogP contribution is 2.35. The van der Waals surface area contributed by atoms with Crippen molar-refractivity contribution in [1.29, 1.82) is 0 Å². The second-order valence-corrected chi connectivity index (χ2v) is 4.58. The van der Waals surface area contributed by atoms with Crippen molar-refractivity contribution in [3.8, 4) is 11.5 Å². The van der Waals surface area contributed by atoms with Gasteiger partial charge in [0.2, 0.25) is 0 Å². The number of ether oxygens (including phenoxy) is 2. The summed E-state index contributed by atoms with van der Waals surface area (Å²) in [5, 5.41) is 0.254. The van der Waals surface area contributed by atoms with Gasteiger partial charge in [-0.25, -0.2) is 0 Å². The summed E-state index contributed by atoms with van der Waals surface area (Å²) in [5.41, 5.74) is 0.369. The van der Waals surface area contributed by atoms with Gasteiger partial charge in [-0.3, -0.25) is 4.79 Å². The van der Waals surface area contributed by atoms with E-state index < -0.39 is 0 Å². The van der Waals surface area contributed by atoms with E-state index in [0.29, 0.717) is 27.8 Å². The Morgan fingerprint density at radius 2 is 2.12 bits per heavy atom. The van der Waals surface area contributed by atoms with Crippen LogP contribution in [-0.4, -0.2) is 37.6 Å². The molecule has 92 valence electrons. The SMILES string of the molecule is COc1ccc(Br)c(C=O)c1OC(=S)N(C)C. The topological polar surface area (TPSA) is 38.8 Å². The highest BCUT2D eigenvalue weighted by molar-refractivity contribution is 9.10. The van der Waals surface area contributed by atoms with Gasteiger partial charge in [-0.2, -0.15) is 0 Å². The Morgan fingerprint density at radius 1 is 1.47 bits per heavy atom. The molecule has 0 aromatic heterocycles. The van der Waals surface area contributed by atoms with Gasteiger partial charge in [-0.05, 0) is 40.3 Å². The fourth-order valence-corrected chi connectivity index (χ4v) is 1.60. The Balaban J connectivity index is 3.23. The molecule has 0 N–H and O–H groups in total. The minimum Gasteiger partial charge on any atom is -0.493 e. The van der Waals surface area contributed by atoms with Crippen LogP contribution in [0.15, 0.2) is 16.6 Å². The van der Waals surface area contributed by atoms with Crippen LogP contribution in [0, 0.1) is 0 Å². The van der Waals surface area contributed by atoms with Gasteiger partial charge in [0.25, 0.3) is 5.17 Å². The van der Waals surface area contributed by atoms with Crippen molar-refractivity contribution < 1.29 is 14.3 Å². The molecule has 6 heteroatoms. The minimum atomic E-state index is 0.254. The molecular weight excluding hydrogens is 306 g/mol. The summed E-state index contributed by atoms with van der Waals surface area (Å²) in [7, 11) is 5.02. The zero-order chi connectivity index (χ0) is 13.0. The Kier molecular flexibility index (Phi) is 4.89. The van der Waals surface area contributed by atoms with Gasteiger partial charge in [-0.15, -0.1) is 0 Å². The molecule has 1 aromatic carbocycles. The molecule has 0 unspecified atom stereocenters. The maximum absolute atomic E-state index is 11.0. The number of rotatable bonds is 3. The highest BCUT2D eigenvalue weighted by Gasteiger charge is 2.16. The average molecular weight is 318 g/mol. The third-order valence-corrected chi connectivity index (χ3v) is 3.14. The number of aldehydes is 1. The first kappa shape index (κ1) is 13.9. The summed E-state index contributed by atoms with van der Waals surface area (Å²) in [6, 6.07) is 3.42. The molecule has 0 fully saturated rings. The number of halogens is 1. The van der Waals surface area contributed by atoms with Gasteiger partial charge < -0.3 is 14.4 Å². The van der Waals surface area contributed by atoms with Crippen molar-refractivity contribution in [2.45, 2.75) is 0 Å². The van der Waals surface area contributed by atoms with E-state index in [1.165, 1.54) is 7.11 Å². The lowest BCUT2D eigenvalue weighted by Crippen LogP contribution is -2.25. The molecule has 0 atom stereocenters. The molecule has 1 aromatic rings. The number of methoxy groups -OCH3 is 1. The van der Waals surface area contributed by atoms with E-state index in [4.69, 9.17) is 21.7 Å². The van der Waals surface area contributed by atoms with Crippen LogP contribution < -0.4 is 9.47 Å². The molecule has 0 aliphatic heterocycles. The first-order chi connectivity index (χ1) is 8.01. The molecule has 0 radical (unpaired) electrons. The highest BCUT2D eigenvalue weighted by atomic mass is 79.9. The molecule has 0 bridgehead atoms. The molecule has 0 saturated heterocycles. The van der Waals surface area contributed by atoms with Gasteiger partial charge in [0.05, 0.1) is 12.7 Å². The molecular formula is C11H12BrNO3S. The first-order valence-corrected chi connectivity index (χ1v) is 5.92. The maximum atomic E-state index is 11.0. The summed E-state index contributed by atoms with van der Waals surface area (Å²) < 4.78 is 11.2. The second kappa shape index (κ2) is 5.97. The van der Waals surface area contributed by atoms with Crippen molar-refractivity contribution in [1.82, 2.24) is 4.90 Å². The number of nitrogens with zero attached hydrogens (tertiary/aromatic N) is 1. The molecule has 0 amide bonds. The zero-order valence-corrected chi connectivity index (χ0v) is 12.1. The van der Waals surface area contributed by atoms with Crippen LogP contribution in [0.1, 0.15) is 10.4 Å². The number of hydrogen-bond acceptors (Lipinski definition) is 4. The largest absolute Gasteiger partial charge is 0.493 e. The number of thiocarbonyl (C=S) groups is 1. The zero-order valence-electron chi connectivity index (χ0n) is 9.69. The Labute approximate surface area is 114 Å². The Hall–Kier alpha value is -1.14. The van der Waals surface area contributed by atoms with Crippen molar-refractivity contribution in [3.63, 3.8) is 0 Å². The van der Waals surface area contributed by atoms with Crippen LogP contribution in [-0.2, 0) is 0 Å². The van der Waals surface area contributed by atoms with E-state index in [1.807, 2.05) is 0 Å². The molecule has 0 heterocycles. The lowest BCUT2D eigenvalue weighted by molar-refractivity contribution is 0.112. The van der Waals surface area contributed by atoms with Crippen LogP contribution in [0.2, 0.25) is 0 Å². The smallest absolute Gasteiger partial charge is 0.264 e. The first-order valence-electron chi connectivity index (χ1n) is 4.72. The molecule has 0 aliphatic rings. The third kappa shape index (κ3) is 3.17. The van der Waals surface area contributed by atoms with Crippen molar-refractivity contribution in [2.24, 2.45) is 0 Å². The van der Waals surface area contributed by atoms with E-state index >= 15 is 0 Å². The fourth-order valence-electron chi connectivity index (χ4n) is 1.11. The third-order valence-electron chi connectivity index (χ3n) is 2.00. The van der Waals surface area contributed by atoms with Gasteiger partial charge in [0.1, 0.15) is 0 Å². The lowest BCUT2D eigenvalue weighted by atomic mass is 10.2. The van der Waals surface area contributed by atoms with Crippen LogP contribution in [0.25, 0.3) is 0 Å². The minimum absolute atomic E-state index is 0.254. The number of carbonyl (C=O) groups is 1. The standard InChI is InChI=1S/C11H12BrNO3S/c1-13(2)11(17)16-10-7(6-14)8(12)4-5-9(10)15-3/h4-6H,1-3H3. The molecule has 1 rings (SSSR count). The van der Waals surface area contributed by atoms with Crippen LogP contribution >= 0.6 is 28.1 Å². The number of hydrogen-bond donors (Lipinski definition) is 0. The summed E-state index contributed by atoms with van der Waals surface area (Å²) >= 11 is 8.31. The quantitative estimate of drug-likeness (QED) is 0.632. The fraction of sp³-hybridized carbons (Fsp3) is 0.273. The molecule has 17 heavy (non-hydrogen) atoms. The molecule has 0 spiro atoms. The monoisotopic (exact) mass is 317 g/mol. The van der Waals surface area contributed by atoms with E-state index in [1.54, 1.807) is 31.1 Å². The van der Waals surface area contributed by atoms with Gasteiger partial charge in [0, 0.05) is 18.6 Å². The predicted octanol–water partition coefficient (Wildman–Crippen LogP) is 2.50. The normalized spacial score (nSPS) is 9.65. The van der Waals surface area contributed by atoms with E-state index in [9.17, 15) is 4.79 Å². The lowest BCUT2D eigenvalue weighted by Gasteiger charge is -2.17. The van der Waals surface area contributed by atoms with Crippen molar-refractivity contribution >= 4 is 39.6 Å². The number of carbonyl (C=O) groups excluding carboxylic acids is 1. The van der Waals surface area contributed by atoms with Gasteiger partial charge in [0.15, 0.2) is 17.8 Å². The van der Waals surface area contributed by atoms with Crippen molar-refractivity contribution in [2.75, 3.05) is 21.2 Å². The number of benzene rings is 1. The summed E-state index contributed by atoms with van der Waals surface area (Å²) in [6.07, 6.45) is 0.695. The van der Waals surface area contributed by atoms with Gasteiger partial charge >= 0.3 is 0 Å². The molecule has 0 saturated carbocycles. The van der Waals surface area contributed by atoms with E-state index in [2.05, 4.69) is 15.9 Å². The van der Waals surface area contributed by atoms with Crippen molar-refractivity contribution in [3.05, 3.63) is 22.2 Å². The van der Waals surface area contributed by atoms with E-state index in [-0.39, 0.29) is 5.17 Å². The average Bonchev–Trinajstić information content (AvgIpc) is 2.29. The van der Waals surface area contributed by atoms with Crippen LogP contribution in [0.3, 0.4) is 0 Å². The summed E-state index contributed by atoms with van der Waals surface area (Å²) in [5.74, 6) is 0.773. The second-order valence-electron chi connectivity index (χ2n) is 3.37. The summed E-state index contributed by atoms with van der Waals surface area (Å²) in [4.78, 5) is 12.7. The summed E-state index contributed by atoms with van der Waals surface area (Å²) in [6.45, 7) is 0. The van der Waals surface area contributed by atoms with Crippen LogP contribution in [0.5, 0.6) is 11.5 Å². The maximum Gasteiger partial charge on any atom is 0.264 e. The van der Waals surface area contributed by atoms with Gasteiger partial charge in [-0.1, -0.05) is 0 Å².